The third-order valence-corrected chi connectivity index (χ3v) is 3.42. The highest BCUT2D eigenvalue weighted by atomic mass is 35.5. The fraction of sp³-hybridized carbons (Fsp3) is 0.417. The number of hydrogen-bond acceptors (Lipinski definition) is 3. The molecule has 5 heteroatoms. The Morgan fingerprint density at radius 3 is 2.94 bits per heavy atom. The molecular weight excluding hydrogens is 256 g/mol. The number of hydrogen-bond donors (Lipinski definition) is 2. The van der Waals surface area contributed by atoms with Crippen LogP contribution >= 0.6 is 23.8 Å². The minimum Gasteiger partial charge on any atom is -0.391 e. The zero-order chi connectivity index (χ0) is 12.4. The highest BCUT2D eigenvalue weighted by Crippen LogP contribution is 2.27. The molecule has 1 heterocycles. The summed E-state index contributed by atoms with van der Waals surface area (Å²) < 4.78 is 0. The molecule has 0 bridgehead atoms. The van der Waals surface area contributed by atoms with Gasteiger partial charge in [0.2, 0.25) is 0 Å². The van der Waals surface area contributed by atoms with Crippen LogP contribution in [-0.4, -0.2) is 29.3 Å². The zero-order valence-electron chi connectivity index (χ0n) is 9.40. The Bertz CT molecular complexity index is 439. The molecule has 0 amide bonds. The molecule has 1 fully saturated rings. The Balaban J connectivity index is 2.35. The maximum absolute atomic E-state index is 9.70. The lowest BCUT2D eigenvalue weighted by Crippen LogP contribution is -2.39. The summed E-state index contributed by atoms with van der Waals surface area (Å²) in [6.07, 6.45) is 1.52. The van der Waals surface area contributed by atoms with Gasteiger partial charge in [0.25, 0.3) is 0 Å². The van der Waals surface area contributed by atoms with Crippen LogP contribution in [-0.2, 0) is 0 Å². The van der Waals surface area contributed by atoms with Crippen molar-refractivity contribution in [3.63, 3.8) is 0 Å². The maximum Gasteiger partial charge on any atom is 0.106 e. The molecule has 1 aromatic carbocycles. The van der Waals surface area contributed by atoms with Crippen LogP contribution in [0.5, 0.6) is 0 Å². The number of nitrogens with two attached hydrogens (primary N) is 1. The van der Waals surface area contributed by atoms with Gasteiger partial charge >= 0.3 is 0 Å². The van der Waals surface area contributed by atoms with Crippen LogP contribution in [0.4, 0.5) is 5.69 Å². The van der Waals surface area contributed by atoms with Crippen molar-refractivity contribution in [2.75, 3.05) is 18.0 Å². The first-order valence-electron chi connectivity index (χ1n) is 5.60. The minimum absolute atomic E-state index is 0.290. The summed E-state index contributed by atoms with van der Waals surface area (Å²) in [5.74, 6) is 0. The smallest absolute Gasteiger partial charge is 0.106 e. The van der Waals surface area contributed by atoms with Crippen LogP contribution in [0.25, 0.3) is 0 Å². The Morgan fingerprint density at radius 1 is 1.53 bits per heavy atom. The summed E-state index contributed by atoms with van der Waals surface area (Å²) in [4.78, 5) is 2.45. The predicted molar refractivity (Wildman–Crippen MR) is 74.8 cm³/mol. The van der Waals surface area contributed by atoms with E-state index in [2.05, 4.69) is 4.90 Å². The molecule has 0 aromatic heterocycles. The Morgan fingerprint density at radius 2 is 2.29 bits per heavy atom. The number of benzene rings is 1. The van der Waals surface area contributed by atoms with Gasteiger partial charge in [0.05, 0.1) is 6.10 Å². The number of thiocarbonyl (C=S) groups is 1. The van der Waals surface area contributed by atoms with Crippen molar-refractivity contribution < 1.29 is 5.11 Å². The van der Waals surface area contributed by atoms with E-state index in [4.69, 9.17) is 29.6 Å². The van der Waals surface area contributed by atoms with E-state index in [1.54, 1.807) is 6.07 Å². The number of piperidine rings is 1. The Labute approximate surface area is 111 Å². The molecule has 92 valence electrons. The van der Waals surface area contributed by atoms with Crippen molar-refractivity contribution in [1.29, 1.82) is 0 Å². The van der Waals surface area contributed by atoms with Crippen molar-refractivity contribution in [2.24, 2.45) is 5.73 Å². The Kier molecular flexibility index (Phi) is 3.86. The zero-order valence-corrected chi connectivity index (χ0v) is 11.0. The van der Waals surface area contributed by atoms with Crippen LogP contribution in [0.1, 0.15) is 18.4 Å². The first-order chi connectivity index (χ1) is 8.08. The fourth-order valence-corrected chi connectivity index (χ4v) is 2.49. The molecule has 0 aliphatic carbocycles. The lowest BCUT2D eigenvalue weighted by atomic mass is 10.1. The van der Waals surface area contributed by atoms with Crippen molar-refractivity contribution in [1.82, 2.24) is 0 Å². The van der Waals surface area contributed by atoms with E-state index in [1.165, 1.54) is 0 Å². The molecule has 2 rings (SSSR count). The van der Waals surface area contributed by atoms with Gasteiger partial charge in [0, 0.05) is 29.4 Å². The summed E-state index contributed by atoms with van der Waals surface area (Å²) in [5.41, 5.74) is 7.44. The van der Waals surface area contributed by atoms with Crippen molar-refractivity contribution >= 4 is 34.5 Å². The monoisotopic (exact) mass is 270 g/mol. The average molecular weight is 271 g/mol. The highest BCUT2D eigenvalue weighted by molar-refractivity contribution is 7.80. The van der Waals surface area contributed by atoms with E-state index in [9.17, 15) is 5.11 Å². The van der Waals surface area contributed by atoms with E-state index in [1.807, 2.05) is 12.1 Å². The number of β-amino-alcohol motifs (C(OH)–C–C–N with tert-alkyl or cyclic N) is 1. The number of anilines is 1. The van der Waals surface area contributed by atoms with Crippen molar-refractivity contribution in [3.05, 3.63) is 28.8 Å². The number of aliphatic hydroxyl groups is 1. The maximum atomic E-state index is 9.70. The van der Waals surface area contributed by atoms with Gasteiger partial charge in [0.1, 0.15) is 4.99 Å². The molecule has 1 atom stereocenters. The first kappa shape index (κ1) is 12.6. The van der Waals surface area contributed by atoms with Gasteiger partial charge in [0.15, 0.2) is 0 Å². The molecule has 1 aromatic rings. The van der Waals surface area contributed by atoms with E-state index < -0.39 is 0 Å². The number of halogens is 1. The highest BCUT2D eigenvalue weighted by Gasteiger charge is 2.20. The molecule has 3 nitrogen and oxygen atoms in total. The SMILES string of the molecule is NC(=S)c1ccc(Cl)cc1N1CCCC(O)C1. The second-order valence-corrected chi connectivity index (χ2v) is 5.14. The molecule has 1 aliphatic rings. The van der Waals surface area contributed by atoms with E-state index >= 15 is 0 Å². The molecule has 1 aliphatic heterocycles. The third kappa shape index (κ3) is 2.89. The molecule has 1 unspecified atom stereocenters. The van der Waals surface area contributed by atoms with Gasteiger partial charge in [-0.1, -0.05) is 23.8 Å². The normalized spacial score (nSPS) is 20.4. The molecule has 0 saturated carbocycles. The topological polar surface area (TPSA) is 49.5 Å². The molecule has 0 radical (unpaired) electrons. The van der Waals surface area contributed by atoms with Crippen LogP contribution in [0.15, 0.2) is 18.2 Å². The summed E-state index contributed by atoms with van der Waals surface area (Å²) in [5, 5.41) is 10.4. The summed E-state index contributed by atoms with van der Waals surface area (Å²) in [6.45, 7) is 1.50. The van der Waals surface area contributed by atoms with Gasteiger partial charge in [-0.05, 0) is 31.0 Å². The van der Waals surface area contributed by atoms with Crippen LogP contribution in [0.2, 0.25) is 5.02 Å². The van der Waals surface area contributed by atoms with Gasteiger partial charge < -0.3 is 15.7 Å². The molecule has 0 spiro atoms. The summed E-state index contributed by atoms with van der Waals surface area (Å²) >= 11 is 11.0. The standard InChI is InChI=1S/C12H15ClN2OS/c13-8-3-4-10(12(14)17)11(6-8)15-5-1-2-9(16)7-15/h3-4,6,9,16H,1-2,5,7H2,(H2,14,17). The molecule has 1 saturated heterocycles. The van der Waals surface area contributed by atoms with Crippen LogP contribution in [0, 0.1) is 0 Å². The largest absolute Gasteiger partial charge is 0.391 e. The van der Waals surface area contributed by atoms with Gasteiger partial charge in [-0.2, -0.15) is 0 Å². The number of aliphatic hydroxyl groups excluding tert-OH is 1. The number of nitrogens with zero attached hydrogens (tertiary/aromatic N) is 1. The van der Waals surface area contributed by atoms with Crippen molar-refractivity contribution in [3.8, 4) is 0 Å². The lowest BCUT2D eigenvalue weighted by molar-refractivity contribution is 0.154. The minimum atomic E-state index is -0.290. The van der Waals surface area contributed by atoms with E-state index in [0.717, 1.165) is 30.6 Å². The molecule has 17 heavy (non-hydrogen) atoms. The van der Waals surface area contributed by atoms with Gasteiger partial charge in [-0.15, -0.1) is 0 Å². The lowest BCUT2D eigenvalue weighted by Gasteiger charge is -2.33. The first-order valence-corrected chi connectivity index (χ1v) is 6.39. The van der Waals surface area contributed by atoms with Gasteiger partial charge in [-0.3, -0.25) is 0 Å². The van der Waals surface area contributed by atoms with Crippen LogP contribution in [0.3, 0.4) is 0 Å². The Hall–Kier alpha value is -0.840. The fourth-order valence-electron chi connectivity index (χ4n) is 2.15. The van der Waals surface area contributed by atoms with E-state index in [-0.39, 0.29) is 6.10 Å². The summed E-state index contributed by atoms with van der Waals surface area (Å²) in [6, 6.07) is 5.47. The van der Waals surface area contributed by atoms with E-state index in [0.29, 0.717) is 16.6 Å². The molecular formula is C12H15ClN2OS. The summed E-state index contributed by atoms with van der Waals surface area (Å²) in [7, 11) is 0. The van der Waals surface area contributed by atoms with Crippen LogP contribution < -0.4 is 10.6 Å². The quantitative estimate of drug-likeness (QED) is 0.807. The van der Waals surface area contributed by atoms with Crippen molar-refractivity contribution in [2.45, 2.75) is 18.9 Å². The second-order valence-electron chi connectivity index (χ2n) is 4.27. The van der Waals surface area contributed by atoms with Gasteiger partial charge in [-0.25, -0.2) is 0 Å². The molecule has 3 N–H and O–H groups in total. The second kappa shape index (κ2) is 5.21. The number of rotatable bonds is 2. The predicted octanol–water partition coefficient (Wildman–Crippen LogP) is 1.94. The third-order valence-electron chi connectivity index (χ3n) is 2.96. The average Bonchev–Trinajstić information content (AvgIpc) is 2.28.